The number of aromatic nitrogens is 3. The minimum Gasteiger partial charge on any atom is -0.710 e. The standard InChI is InChI=1S/C7H5N3O2.BrH/c11-9-5-8-10(12)7-4-2-1-3-6(7)9;/h1-5H;1H. The summed E-state index contributed by atoms with van der Waals surface area (Å²) in [6, 6.07) is 6.48. The second kappa shape index (κ2) is 3.53. The summed E-state index contributed by atoms with van der Waals surface area (Å²) in [5, 5.41) is 25.3. The molecular formula is C7H6BrN3O2. The molecule has 68 valence electrons. The van der Waals surface area contributed by atoms with E-state index in [1.54, 1.807) is 24.3 Å². The second-order valence-corrected chi connectivity index (χ2v) is 2.32. The molecule has 0 aliphatic carbocycles. The molecule has 13 heavy (non-hydrogen) atoms. The normalized spacial score (nSPS) is 9.54. The molecule has 2 rings (SSSR count). The highest BCUT2D eigenvalue weighted by Gasteiger charge is 2.10. The lowest BCUT2D eigenvalue weighted by atomic mass is 10.3. The Labute approximate surface area is 84.2 Å². The van der Waals surface area contributed by atoms with Gasteiger partial charge in [-0.05, 0) is 6.07 Å². The van der Waals surface area contributed by atoms with Crippen molar-refractivity contribution in [2.24, 2.45) is 0 Å². The summed E-state index contributed by atoms with van der Waals surface area (Å²) < 4.78 is 0.559. The van der Waals surface area contributed by atoms with Gasteiger partial charge in [-0.25, -0.2) is 4.73 Å². The first-order chi connectivity index (χ1) is 5.79. The first-order valence-corrected chi connectivity index (χ1v) is 3.36. The Bertz CT molecular complexity index is 395. The monoisotopic (exact) mass is 243 g/mol. The van der Waals surface area contributed by atoms with Crippen LogP contribution in [0.5, 0.6) is 0 Å². The molecule has 5 nitrogen and oxygen atoms in total. The van der Waals surface area contributed by atoms with Crippen LogP contribution >= 0.6 is 17.0 Å². The number of hydrogen-bond donors (Lipinski definition) is 0. The Morgan fingerprint density at radius 2 is 1.69 bits per heavy atom. The van der Waals surface area contributed by atoms with E-state index in [0.717, 1.165) is 6.33 Å². The van der Waals surface area contributed by atoms with E-state index in [9.17, 15) is 10.4 Å². The van der Waals surface area contributed by atoms with Gasteiger partial charge in [-0.15, -0.1) is 17.0 Å². The fourth-order valence-electron chi connectivity index (χ4n) is 1.03. The summed E-state index contributed by atoms with van der Waals surface area (Å²) >= 11 is 0. The first-order valence-electron chi connectivity index (χ1n) is 3.36. The molecule has 2 aromatic rings. The average molecular weight is 244 g/mol. The highest BCUT2D eigenvalue weighted by molar-refractivity contribution is 8.93. The Morgan fingerprint density at radius 1 is 1.08 bits per heavy atom. The summed E-state index contributed by atoms with van der Waals surface area (Å²) in [6.07, 6.45) is 0.940. The minimum absolute atomic E-state index is 0. The van der Waals surface area contributed by atoms with Gasteiger partial charge < -0.3 is 10.4 Å². The number of para-hydroxylation sites is 2. The molecule has 0 fully saturated rings. The van der Waals surface area contributed by atoms with Crippen LogP contribution < -0.4 is 9.58 Å². The van der Waals surface area contributed by atoms with Crippen LogP contribution in [-0.2, 0) is 0 Å². The van der Waals surface area contributed by atoms with E-state index in [0.29, 0.717) is 15.1 Å². The molecule has 0 aliphatic rings. The van der Waals surface area contributed by atoms with Crippen molar-refractivity contribution in [3.63, 3.8) is 0 Å². The molecule has 0 spiro atoms. The predicted molar refractivity (Wildman–Crippen MR) is 50.0 cm³/mol. The summed E-state index contributed by atoms with van der Waals surface area (Å²) in [7, 11) is 0. The smallest absolute Gasteiger partial charge is 0.365 e. The van der Waals surface area contributed by atoms with E-state index < -0.39 is 0 Å². The van der Waals surface area contributed by atoms with Gasteiger partial charge in [-0.2, -0.15) is 0 Å². The van der Waals surface area contributed by atoms with Crippen LogP contribution in [0.2, 0.25) is 0 Å². The number of halogens is 1. The summed E-state index contributed by atoms with van der Waals surface area (Å²) in [5.74, 6) is 0. The maximum atomic E-state index is 11.0. The average Bonchev–Trinajstić information content (AvgIpc) is 2.12. The van der Waals surface area contributed by atoms with Crippen molar-refractivity contribution < 1.29 is 9.58 Å². The van der Waals surface area contributed by atoms with Gasteiger partial charge in [-0.3, -0.25) is 0 Å². The maximum absolute atomic E-state index is 11.0. The van der Waals surface area contributed by atoms with Gasteiger partial charge in [-0.1, -0.05) is 12.1 Å². The molecule has 0 N–H and O–H groups in total. The van der Waals surface area contributed by atoms with Crippen LogP contribution in [0, 0.1) is 10.4 Å². The van der Waals surface area contributed by atoms with Gasteiger partial charge in [0.15, 0.2) is 0 Å². The van der Waals surface area contributed by atoms with E-state index in [4.69, 9.17) is 0 Å². The topological polar surface area (TPSA) is 66.8 Å². The predicted octanol–water partition coefficient (Wildman–Crippen LogP) is 0.0795. The lowest BCUT2D eigenvalue weighted by molar-refractivity contribution is -0.680. The molecule has 0 saturated carbocycles. The number of nitrogens with zero attached hydrogens (tertiary/aromatic N) is 3. The van der Waals surface area contributed by atoms with Crippen molar-refractivity contribution in [3.8, 4) is 0 Å². The number of fused-ring (bicyclic) bond motifs is 1. The lowest BCUT2D eigenvalue weighted by Gasteiger charge is -2.00. The quantitative estimate of drug-likeness (QED) is 0.486. The van der Waals surface area contributed by atoms with Gasteiger partial charge >= 0.3 is 11.8 Å². The fraction of sp³-hybridized carbons (Fsp3) is 0. The van der Waals surface area contributed by atoms with Crippen molar-refractivity contribution in [3.05, 3.63) is 41.0 Å². The lowest BCUT2D eigenvalue weighted by Crippen LogP contribution is -2.40. The van der Waals surface area contributed by atoms with Gasteiger partial charge in [0.05, 0.1) is 4.85 Å². The summed E-state index contributed by atoms with van der Waals surface area (Å²) in [4.78, 5) is 0.420. The van der Waals surface area contributed by atoms with Gasteiger partial charge in [0.25, 0.3) is 0 Å². The zero-order chi connectivity index (χ0) is 8.55. The van der Waals surface area contributed by atoms with E-state index in [-0.39, 0.29) is 22.5 Å². The maximum Gasteiger partial charge on any atom is 0.365 e. The third-order valence-corrected chi connectivity index (χ3v) is 1.59. The van der Waals surface area contributed by atoms with E-state index in [1.807, 2.05) is 0 Å². The Balaban J connectivity index is 0.000000845. The second-order valence-electron chi connectivity index (χ2n) is 2.32. The molecule has 1 aromatic carbocycles. The van der Waals surface area contributed by atoms with Crippen LogP contribution in [0.15, 0.2) is 30.6 Å². The van der Waals surface area contributed by atoms with Crippen LogP contribution in [0.3, 0.4) is 0 Å². The zero-order valence-corrected chi connectivity index (χ0v) is 8.17. The first kappa shape index (κ1) is 9.66. The van der Waals surface area contributed by atoms with Crippen molar-refractivity contribution in [1.29, 1.82) is 0 Å². The van der Waals surface area contributed by atoms with Crippen LogP contribution in [0.4, 0.5) is 0 Å². The highest BCUT2D eigenvalue weighted by Crippen LogP contribution is 2.00. The Kier molecular flexibility index (Phi) is 2.62. The van der Waals surface area contributed by atoms with Crippen molar-refractivity contribution in [2.75, 3.05) is 0 Å². The molecule has 1 heterocycles. The number of benzene rings is 1. The molecule has 0 amide bonds. The number of hydrogen-bond acceptors (Lipinski definition) is 3. The molecule has 0 radical (unpaired) electrons. The summed E-state index contributed by atoms with van der Waals surface area (Å²) in [6.45, 7) is 0. The van der Waals surface area contributed by atoms with E-state index in [2.05, 4.69) is 5.10 Å². The molecule has 1 aromatic heterocycles. The minimum atomic E-state index is 0. The molecule has 6 heteroatoms. The van der Waals surface area contributed by atoms with Crippen LogP contribution in [0.25, 0.3) is 11.0 Å². The van der Waals surface area contributed by atoms with Crippen LogP contribution in [0.1, 0.15) is 0 Å². The largest absolute Gasteiger partial charge is 0.710 e. The molecule has 0 saturated heterocycles. The molecular weight excluding hydrogens is 238 g/mol. The zero-order valence-electron chi connectivity index (χ0n) is 6.45. The molecule has 0 atom stereocenters. The number of rotatable bonds is 0. The van der Waals surface area contributed by atoms with Gasteiger partial charge in [0.1, 0.15) is 0 Å². The molecule has 0 bridgehead atoms. The highest BCUT2D eigenvalue weighted by atomic mass is 79.9. The SMILES string of the molecule is Br.[O-][n+]1cn[n+]([O-])c2ccccc21. The van der Waals surface area contributed by atoms with Gasteiger partial charge in [0.2, 0.25) is 10.6 Å². The van der Waals surface area contributed by atoms with Crippen LogP contribution in [-0.4, -0.2) is 5.10 Å². The third-order valence-electron chi connectivity index (χ3n) is 1.59. The molecule has 0 aliphatic heterocycles. The summed E-state index contributed by atoms with van der Waals surface area (Å²) in [5.41, 5.74) is 0.595. The van der Waals surface area contributed by atoms with E-state index in [1.165, 1.54) is 0 Å². The fourth-order valence-corrected chi connectivity index (χ4v) is 1.03. The van der Waals surface area contributed by atoms with E-state index >= 15 is 0 Å². The van der Waals surface area contributed by atoms with Crippen molar-refractivity contribution >= 4 is 28.0 Å². The van der Waals surface area contributed by atoms with Crippen molar-refractivity contribution in [1.82, 2.24) is 5.10 Å². The molecule has 0 unspecified atom stereocenters. The van der Waals surface area contributed by atoms with Crippen molar-refractivity contribution in [2.45, 2.75) is 0 Å². The van der Waals surface area contributed by atoms with Gasteiger partial charge in [0, 0.05) is 6.07 Å². The Hall–Kier alpha value is -1.43. The third kappa shape index (κ3) is 1.52. The Morgan fingerprint density at radius 3 is 2.31 bits per heavy atom.